The minimum Gasteiger partial charge on any atom is -0.385 e. The monoisotopic (exact) mass is 205 g/mol. The standard InChI is InChI=1S/C10H23NOS/c1-4-13-9-10(2)11-7-5-6-8-12-3/h10-11H,4-9H2,1-3H3. The highest BCUT2D eigenvalue weighted by Crippen LogP contribution is 2.01. The third-order valence-electron chi connectivity index (χ3n) is 1.84. The van der Waals surface area contributed by atoms with Gasteiger partial charge in [-0.25, -0.2) is 0 Å². The average molecular weight is 205 g/mol. The summed E-state index contributed by atoms with van der Waals surface area (Å²) in [6, 6.07) is 0.646. The molecule has 1 N–H and O–H groups in total. The van der Waals surface area contributed by atoms with Crippen molar-refractivity contribution < 1.29 is 4.74 Å². The molecule has 0 heterocycles. The van der Waals surface area contributed by atoms with Crippen molar-refractivity contribution in [2.24, 2.45) is 0 Å². The van der Waals surface area contributed by atoms with Crippen LogP contribution >= 0.6 is 11.8 Å². The maximum atomic E-state index is 4.98. The van der Waals surface area contributed by atoms with Gasteiger partial charge < -0.3 is 10.1 Å². The number of rotatable bonds is 9. The van der Waals surface area contributed by atoms with E-state index in [1.54, 1.807) is 7.11 Å². The van der Waals surface area contributed by atoms with Gasteiger partial charge in [-0.1, -0.05) is 6.92 Å². The van der Waals surface area contributed by atoms with Crippen molar-refractivity contribution in [3.8, 4) is 0 Å². The fourth-order valence-electron chi connectivity index (χ4n) is 1.07. The molecule has 13 heavy (non-hydrogen) atoms. The van der Waals surface area contributed by atoms with Crippen molar-refractivity contribution in [2.45, 2.75) is 32.7 Å². The van der Waals surface area contributed by atoms with E-state index in [0.717, 1.165) is 19.6 Å². The first-order chi connectivity index (χ1) is 6.31. The van der Waals surface area contributed by atoms with Crippen LogP contribution < -0.4 is 5.32 Å². The van der Waals surface area contributed by atoms with Crippen molar-refractivity contribution in [3.63, 3.8) is 0 Å². The van der Waals surface area contributed by atoms with E-state index in [0.29, 0.717) is 6.04 Å². The van der Waals surface area contributed by atoms with Crippen molar-refractivity contribution in [1.29, 1.82) is 0 Å². The largest absolute Gasteiger partial charge is 0.385 e. The van der Waals surface area contributed by atoms with Gasteiger partial charge in [-0.3, -0.25) is 0 Å². The summed E-state index contributed by atoms with van der Waals surface area (Å²) in [6.07, 6.45) is 2.38. The molecular formula is C10H23NOS. The fraction of sp³-hybridized carbons (Fsp3) is 1.00. The van der Waals surface area contributed by atoms with Crippen LogP contribution in [0.1, 0.15) is 26.7 Å². The van der Waals surface area contributed by atoms with E-state index in [1.807, 2.05) is 11.8 Å². The maximum absolute atomic E-state index is 4.98. The lowest BCUT2D eigenvalue weighted by Gasteiger charge is -2.12. The summed E-state index contributed by atoms with van der Waals surface area (Å²) in [4.78, 5) is 0. The number of ether oxygens (including phenoxy) is 1. The Hall–Kier alpha value is 0.270. The van der Waals surface area contributed by atoms with Crippen LogP contribution in [0.5, 0.6) is 0 Å². The second-order valence-corrected chi connectivity index (χ2v) is 4.53. The zero-order chi connectivity index (χ0) is 9.94. The Balaban J connectivity index is 3.03. The lowest BCUT2D eigenvalue weighted by atomic mass is 10.3. The summed E-state index contributed by atoms with van der Waals surface area (Å²) in [7, 11) is 1.76. The molecule has 1 unspecified atom stereocenters. The molecule has 0 aliphatic rings. The van der Waals surface area contributed by atoms with Gasteiger partial charge in [0.25, 0.3) is 0 Å². The van der Waals surface area contributed by atoms with Gasteiger partial charge in [-0.05, 0) is 32.1 Å². The highest BCUT2D eigenvalue weighted by atomic mass is 32.2. The van der Waals surface area contributed by atoms with E-state index >= 15 is 0 Å². The molecule has 80 valence electrons. The summed E-state index contributed by atoms with van der Waals surface area (Å²) in [6.45, 7) is 6.46. The summed E-state index contributed by atoms with van der Waals surface area (Å²) in [5.41, 5.74) is 0. The molecule has 0 saturated heterocycles. The van der Waals surface area contributed by atoms with Gasteiger partial charge in [0.1, 0.15) is 0 Å². The zero-order valence-corrected chi connectivity index (χ0v) is 9.95. The van der Waals surface area contributed by atoms with E-state index in [4.69, 9.17) is 4.74 Å². The van der Waals surface area contributed by atoms with Gasteiger partial charge in [0.15, 0.2) is 0 Å². The second-order valence-electron chi connectivity index (χ2n) is 3.21. The summed E-state index contributed by atoms with van der Waals surface area (Å²) < 4.78 is 4.98. The number of thioether (sulfide) groups is 1. The molecule has 0 bridgehead atoms. The minimum atomic E-state index is 0.646. The van der Waals surface area contributed by atoms with Gasteiger partial charge in [-0.2, -0.15) is 11.8 Å². The van der Waals surface area contributed by atoms with Crippen molar-refractivity contribution in [3.05, 3.63) is 0 Å². The Morgan fingerprint density at radius 2 is 2.15 bits per heavy atom. The Morgan fingerprint density at radius 3 is 2.77 bits per heavy atom. The Labute approximate surface area is 86.8 Å². The number of hydrogen-bond acceptors (Lipinski definition) is 3. The molecule has 1 atom stereocenters. The first-order valence-corrected chi connectivity index (χ1v) is 6.26. The van der Waals surface area contributed by atoms with Crippen LogP contribution in [-0.2, 0) is 4.74 Å². The Morgan fingerprint density at radius 1 is 1.38 bits per heavy atom. The predicted molar refractivity (Wildman–Crippen MR) is 61.6 cm³/mol. The van der Waals surface area contributed by atoms with Gasteiger partial charge >= 0.3 is 0 Å². The molecule has 2 nitrogen and oxygen atoms in total. The topological polar surface area (TPSA) is 21.3 Å². The molecule has 3 heteroatoms. The van der Waals surface area contributed by atoms with Gasteiger partial charge in [0.05, 0.1) is 0 Å². The number of methoxy groups -OCH3 is 1. The summed E-state index contributed by atoms with van der Waals surface area (Å²) in [5.74, 6) is 2.44. The molecule has 0 aliphatic heterocycles. The van der Waals surface area contributed by atoms with Crippen molar-refractivity contribution in [2.75, 3.05) is 31.8 Å². The van der Waals surface area contributed by atoms with Crippen LogP contribution in [0.25, 0.3) is 0 Å². The van der Waals surface area contributed by atoms with Gasteiger partial charge in [0, 0.05) is 25.5 Å². The summed E-state index contributed by atoms with van der Waals surface area (Å²) in [5, 5.41) is 3.50. The van der Waals surface area contributed by atoms with Gasteiger partial charge in [0.2, 0.25) is 0 Å². The first-order valence-electron chi connectivity index (χ1n) is 5.11. The van der Waals surface area contributed by atoms with Gasteiger partial charge in [-0.15, -0.1) is 0 Å². The minimum absolute atomic E-state index is 0.646. The quantitative estimate of drug-likeness (QED) is 0.583. The SMILES string of the molecule is CCSCC(C)NCCCCOC. The van der Waals surface area contributed by atoms with Crippen molar-refractivity contribution >= 4 is 11.8 Å². The lowest BCUT2D eigenvalue weighted by molar-refractivity contribution is 0.192. The fourth-order valence-corrected chi connectivity index (χ4v) is 1.78. The van der Waals surface area contributed by atoms with Crippen LogP contribution in [0, 0.1) is 0 Å². The molecule has 0 aromatic carbocycles. The zero-order valence-electron chi connectivity index (χ0n) is 9.14. The molecule has 0 radical (unpaired) electrons. The molecule has 0 aliphatic carbocycles. The molecule has 0 spiro atoms. The lowest BCUT2D eigenvalue weighted by Crippen LogP contribution is -2.29. The molecular weight excluding hydrogens is 182 g/mol. The molecule has 0 rings (SSSR count). The average Bonchev–Trinajstić information content (AvgIpc) is 2.14. The third-order valence-corrected chi connectivity index (χ3v) is 2.98. The van der Waals surface area contributed by atoms with Crippen LogP contribution in [0.4, 0.5) is 0 Å². The first kappa shape index (κ1) is 13.3. The number of unbranched alkanes of at least 4 members (excludes halogenated alkanes) is 1. The van der Waals surface area contributed by atoms with Crippen LogP contribution in [-0.4, -0.2) is 37.8 Å². The molecule has 0 amide bonds. The van der Waals surface area contributed by atoms with Crippen molar-refractivity contribution in [1.82, 2.24) is 5.32 Å². The van der Waals surface area contributed by atoms with E-state index < -0.39 is 0 Å². The van der Waals surface area contributed by atoms with E-state index in [2.05, 4.69) is 19.2 Å². The van der Waals surface area contributed by atoms with E-state index in [-0.39, 0.29) is 0 Å². The molecule has 0 saturated carbocycles. The smallest absolute Gasteiger partial charge is 0.0462 e. The number of nitrogens with one attached hydrogen (secondary N) is 1. The highest BCUT2D eigenvalue weighted by Gasteiger charge is 1.98. The maximum Gasteiger partial charge on any atom is 0.0462 e. The Bertz CT molecular complexity index is 101. The third kappa shape index (κ3) is 10.2. The second kappa shape index (κ2) is 10.4. The normalized spacial score (nSPS) is 13.2. The molecule has 0 aromatic rings. The van der Waals surface area contributed by atoms with E-state index in [1.165, 1.54) is 17.9 Å². The predicted octanol–water partition coefficient (Wildman–Crippen LogP) is 2.14. The van der Waals surface area contributed by atoms with Crippen LogP contribution in [0.15, 0.2) is 0 Å². The molecule has 0 aromatic heterocycles. The number of hydrogen-bond donors (Lipinski definition) is 1. The molecule has 0 fully saturated rings. The van der Waals surface area contributed by atoms with Crippen LogP contribution in [0.2, 0.25) is 0 Å². The summed E-state index contributed by atoms with van der Waals surface area (Å²) >= 11 is 2.00. The Kier molecular flexibility index (Phi) is 10.6. The highest BCUT2D eigenvalue weighted by molar-refractivity contribution is 7.99. The van der Waals surface area contributed by atoms with E-state index in [9.17, 15) is 0 Å². The van der Waals surface area contributed by atoms with Crippen LogP contribution in [0.3, 0.4) is 0 Å².